The third kappa shape index (κ3) is 4.57. The minimum Gasteiger partial charge on any atom is -0.496 e. The summed E-state index contributed by atoms with van der Waals surface area (Å²) in [6, 6.07) is 6.62. The maximum Gasteiger partial charge on any atom is 0.125 e. The first-order chi connectivity index (χ1) is 9.12. The van der Waals surface area contributed by atoms with E-state index in [9.17, 15) is 0 Å². The third-order valence-corrected chi connectivity index (χ3v) is 3.34. The van der Waals surface area contributed by atoms with Gasteiger partial charge in [0.15, 0.2) is 0 Å². The number of aryl methyl sites for hydroxylation is 2. The highest BCUT2D eigenvalue weighted by Gasteiger charge is 2.08. The van der Waals surface area contributed by atoms with E-state index in [0.717, 1.165) is 31.7 Å². The molecule has 0 fully saturated rings. The van der Waals surface area contributed by atoms with Crippen LogP contribution >= 0.6 is 0 Å². The summed E-state index contributed by atoms with van der Waals surface area (Å²) in [6.07, 6.45) is 1.82. The SMILES string of the molecule is CCC(C#N)CNCCc1cc(C)cc(C)c1OC. The lowest BCUT2D eigenvalue weighted by molar-refractivity contribution is 0.405. The van der Waals surface area contributed by atoms with E-state index in [0.29, 0.717) is 0 Å². The van der Waals surface area contributed by atoms with Crippen molar-refractivity contribution in [3.63, 3.8) is 0 Å². The molecular weight excluding hydrogens is 236 g/mol. The molecule has 3 nitrogen and oxygen atoms in total. The Bertz CT molecular complexity index is 449. The van der Waals surface area contributed by atoms with Crippen LogP contribution in [-0.4, -0.2) is 20.2 Å². The van der Waals surface area contributed by atoms with Crippen molar-refractivity contribution in [2.45, 2.75) is 33.6 Å². The molecule has 0 radical (unpaired) electrons. The Hall–Kier alpha value is -1.53. The van der Waals surface area contributed by atoms with Crippen LogP contribution in [0.25, 0.3) is 0 Å². The number of ether oxygens (including phenoxy) is 1. The van der Waals surface area contributed by atoms with Gasteiger partial charge in [0.25, 0.3) is 0 Å². The van der Waals surface area contributed by atoms with Crippen LogP contribution in [0.1, 0.15) is 30.0 Å². The highest BCUT2D eigenvalue weighted by molar-refractivity contribution is 5.43. The zero-order valence-electron chi connectivity index (χ0n) is 12.4. The number of hydrogen-bond acceptors (Lipinski definition) is 3. The minimum atomic E-state index is 0.112. The van der Waals surface area contributed by atoms with Crippen molar-refractivity contribution in [2.24, 2.45) is 5.92 Å². The fourth-order valence-electron chi connectivity index (χ4n) is 2.30. The summed E-state index contributed by atoms with van der Waals surface area (Å²) in [5, 5.41) is 12.2. The van der Waals surface area contributed by atoms with Crippen LogP contribution in [0.5, 0.6) is 5.75 Å². The molecule has 3 heteroatoms. The van der Waals surface area contributed by atoms with E-state index in [1.807, 2.05) is 6.92 Å². The summed E-state index contributed by atoms with van der Waals surface area (Å²) < 4.78 is 5.47. The molecule has 0 amide bonds. The van der Waals surface area contributed by atoms with E-state index in [1.165, 1.54) is 16.7 Å². The number of nitrogens with one attached hydrogen (secondary N) is 1. The van der Waals surface area contributed by atoms with Crippen LogP contribution in [0.3, 0.4) is 0 Å². The summed E-state index contributed by atoms with van der Waals surface area (Å²) in [4.78, 5) is 0. The van der Waals surface area contributed by atoms with E-state index < -0.39 is 0 Å². The molecule has 0 saturated heterocycles. The average Bonchev–Trinajstić information content (AvgIpc) is 2.38. The second kappa shape index (κ2) is 7.81. The standard InChI is InChI=1S/C16H24N2O/c1-5-14(10-17)11-18-7-6-15-9-12(2)8-13(3)16(15)19-4/h8-9,14,18H,5-7,11H2,1-4H3. The van der Waals surface area contributed by atoms with Crippen molar-refractivity contribution < 1.29 is 4.74 Å². The fraction of sp³-hybridized carbons (Fsp3) is 0.562. The molecule has 104 valence electrons. The van der Waals surface area contributed by atoms with Gasteiger partial charge in [0.05, 0.1) is 19.1 Å². The number of benzene rings is 1. The molecule has 0 saturated carbocycles. The molecule has 0 aliphatic rings. The first kappa shape index (κ1) is 15.5. The lowest BCUT2D eigenvalue weighted by atomic mass is 10.0. The fourth-order valence-corrected chi connectivity index (χ4v) is 2.30. The van der Waals surface area contributed by atoms with Crippen molar-refractivity contribution >= 4 is 0 Å². The predicted molar refractivity (Wildman–Crippen MR) is 78.4 cm³/mol. The lowest BCUT2D eigenvalue weighted by Crippen LogP contribution is -2.24. The molecule has 0 aromatic heterocycles. The van der Waals surface area contributed by atoms with Gasteiger partial charge >= 0.3 is 0 Å². The second-order valence-corrected chi connectivity index (χ2v) is 4.96. The zero-order valence-corrected chi connectivity index (χ0v) is 12.4. The number of methoxy groups -OCH3 is 1. The molecule has 1 aromatic carbocycles. The van der Waals surface area contributed by atoms with Gasteiger partial charge in [-0.3, -0.25) is 0 Å². The maximum atomic E-state index is 8.89. The van der Waals surface area contributed by atoms with Crippen LogP contribution in [-0.2, 0) is 6.42 Å². The van der Waals surface area contributed by atoms with Crippen LogP contribution in [0.15, 0.2) is 12.1 Å². The largest absolute Gasteiger partial charge is 0.496 e. The Balaban J connectivity index is 2.56. The zero-order chi connectivity index (χ0) is 14.3. The van der Waals surface area contributed by atoms with Crippen LogP contribution in [0.2, 0.25) is 0 Å². The molecule has 19 heavy (non-hydrogen) atoms. The lowest BCUT2D eigenvalue weighted by Gasteiger charge is -2.14. The molecule has 1 N–H and O–H groups in total. The first-order valence-corrected chi connectivity index (χ1v) is 6.86. The van der Waals surface area contributed by atoms with Gasteiger partial charge < -0.3 is 10.1 Å². The molecule has 1 aromatic rings. The van der Waals surface area contributed by atoms with Gasteiger partial charge in [-0.05, 0) is 44.4 Å². The first-order valence-electron chi connectivity index (χ1n) is 6.86. The van der Waals surface area contributed by atoms with Crippen molar-refractivity contribution in [1.82, 2.24) is 5.32 Å². The van der Waals surface area contributed by atoms with Crippen molar-refractivity contribution in [2.75, 3.05) is 20.2 Å². The normalized spacial score (nSPS) is 11.9. The van der Waals surface area contributed by atoms with Crippen molar-refractivity contribution in [1.29, 1.82) is 5.26 Å². The topological polar surface area (TPSA) is 45.0 Å². The summed E-state index contributed by atoms with van der Waals surface area (Å²) in [6.45, 7) is 7.86. The van der Waals surface area contributed by atoms with Gasteiger partial charge in [0, 0.05) is 6.54 Å². The molecule has 1 unspecified atom stereocenters. The summed E-state index contributed by atoms with van der Waals surface area (Å²) in [5.74, 6) is 1.10. The smallest absolute Gasteiger partial charge is 0.125 e. The van der Waals surface area contributed by atoms with Gasteiger partial charge in [-0.25, -0.2) is 0 Å². The quantitative estimate of drug-likeness (QED) is 0.767. The van der Waals surface area contributed by atoms with Crippen molar-refractivity contribution in [3.8, 4) is 11.8 Å². The molecule has 1 atom stereocenters. The number of nitriles is 1. The molecule has 0 aliphatic carbocycles. The summed E-state index contributed by atoms with van der Waals surface area (Å²) >= 11 is 0. The number of hydrogen-bond donors (Lipinski definition) is 1. The van der Waals surface area contributed by atoms with E-state index >= 15 is 0 Å². The highest BCUT2D eigenvalue weighted by atomic mass is 16.5. The Labute approximate surface area is 116 Å². The Kier molecular flexibility index (Phi) is 6.38. The highest BCUT2D eigenvalue weighted by Crippen LogP contribution is 2.25. The predicted octanol–water partition coefficient (Wildman–Crippen LogP) is 2.99. The molecule has 0 aliphatic heterocycles. The molecule has 0 heterocycles. The maximum absolute atomic E-state index is 8.89. The van der Waals surface area contributed by atoms with Gasteiger partial charge in [-0.2, -0.15) is 5.26 Å². The number of nitrogens with zero attached hydrogens (tertiary/aromatic N) is 1. The van der Waals surface area contributed by atoms with Crippen LogP contribution < -0.4 is 10.1 Å². The minimum absolute atomic E-state index is 0.112. The second-order valence-electron chi connectivity index (χ2n) is 4.96. The van der Waals surface area contributed by atoms with Crippen LogP contribution in [0, 0.1) is 31.1 Å². The number of rotatable bonds is 7. The molecule has 1 rings (SSSR count). The molecular formula is C16H24N2O. The summed E-state index contributed by atoms with van der Waals surface area (Å²) in [5.41, 5.74) is 3.68. The Morgan fingerprint density at radius 2 is 2.11 bits per heavy atom. The van der Waals surface area contributed by atoms with Gasteiger partial charge in [-0.15, -0.1) is 0 Å². The van der Waals surface area contributed by atoms with Crippen molar-refractivity contribution in [3.05, 3.63) is 28.8 Å². The van der Waals surface area contributed by atoms with E-state index in [2.05, 4.69) is 37.4 Å². The third-order valence-electron chi connectivity index (χ3n) is 3.34. The molecule has 0 spiro atoms. The Morgan fingerprint density at radius 3 is 2.68 bits per heavy atom. The van der Waals surface area contributed by atoms with E-state index in [-0.39, 0.29) is 5.92 Å². The van der Waals surface area contributed by atoms with Gasteiger partial charge in [-0.1, -0.05) is 24.6 Å². The van der Waals surface area contributed by atoms with Crippen LogP contribution in [0.4, 0.5) is 0 Å². The van der Waals surface area contributed by atoms with Gasteiger partial charge in [0.1, 0.15) is 5.75 Å². The van der Waals surface area contributed by atoms with Gasteiger partial charge in [0.2, 0.25) is 0 Å². The Morgan fingerprint density at radius 1 is 1.37 bits per heavy atom. The molecule has 0 bridgehead atoms. The summed E-state index contributed by atoms with van der Waals surface area (Å²) in [7, 11) is 1.72. The average molecular weight is 260 g/mol. The van der Waals surface area contributed by atoms with E-state index in [1.54, 1.807) is 7.11 Å². The monoisotopic (exact) mass is 260 g/mol. The van der Waals surface area contributed by atoms with E-state index in [4.69, 9.17) is 10.00 Å².